The molecular weight excluding hydrogens is 590 g/mol. The highest BCUT2D eigenvalue weighted by molar-refractivity contribution is 5.73. The van der Waals surface area contributed by atoms with Gasteiger partial charge in [-0.05, 0) is 6.92 Å². The zero-order valence-corrected chi connectivity index (χ0v) is 23.9. The summed E-state index contributed by atoms with van der Waals surface area (Å²) in [6.45, 7) is -0.503. The highest BCUT2D eigenvalue weighted by Crippen LogP contribution is 2.28. The van der Waals surface area contributed by atoms with E-state index in [0.717, 1.165) is 6.92 Å². The first-order chi connectivity index (χ1) is 20.3. The fourth-order valence-corrected chi connectivity index (χ4v) is 4.36. The minimum atomic E-state index is -2.03. The molecule has 2 rings (SSSR count). The lowest BCUT2D eigenvalue weighted by atomic mass is 9.99. The van der Waals surface area contributed by atoms with E-state index in [1.807, 2.05) is 0 Å². The van der Waals surface area contributed by atoms with Gasteiger partial charge in [-0.3, -0.25) is 4.79 Å². The summed E-state index contributed by atoms with van der Waals surface area (Å²) in [5.41, 5.74) is 0. The lowest BCUT2D eigenvalue weighted by molar-refractivity contribution is -0.342. The number of ether oxygens (including phenoxy) is 7. The molecule has 0 aliphatic carbocycles. The molecule has 0 spiro atoms. The number of rotatable bonds is 17. The smallest absolute Gasteiger partial charge is 0.218 e. The van der Waals surface area contributed by atoms with Crippen LogP contribution in [0.25, 0.3) is 0 Å². The number of hydrogen-bond donors (Lipinski definition) is 11. The molecule has 43 heavy (non-hydrogen) atoms. The van der Waals surface area contributed by atoms with Gasteiger partial charge >= 0.3 is 0 Å². The van der Waals surface area contributed by atoms with Crippen LogP contribution in [-0.2, 0) is 38.0 Å². The maximum Gasteiger partial charge on any atom is 0.218 e. The molecule has 0 radical (unpaired) electrons. The molecule has 0 aromatic rings. The largest absolute Gasteiger partial charge is 0.394 e. The predicted molar refractivity (Wildman–Crippen MR) is 136 cm³/mol. The van der Waals surface area contributed by atoms with Crippen LogP contribution in [0.15, 0.2) is 0 Å². The summed E-state index contributed by atoms with van der Waals surface area (Å²) in [6, 6.07) is 0. The lowest BCUT2D eigenvalue weighted by Gasteiger charge is -2.43. The SMILES string of the molecule is CO[C@@H]1C(COCC(NC(C)=O)O[C@@H]2OC(CO)[C@H](O)C(OC(O)C(O)CO)C2O)O[C@H](O[C@H](C)C(O)CO)C(O)C1O. The molecule has 254 valence electrons. The van der Waals surface area contributed by atoms with Crippen molar-refractivity contribution < 1.29 is 89.0 Å². The molecular formula is C24H45NO18. The van der Waals surface area contributed by atoms with Gasteiger partial charge in [-0.2, -0.15) is 0 Å². The monoisotopic (exact) mass is 635 g/mol. The van der Waals surface area contributed by atoms with Gasteiger partial charge in [0, 0.05) is 14.0 Å². The zero-order valence-electron chi connectivity index (χ0n) is 23.9. The number of amides is 1. The summed E-state index contributed by atoms with van der Waals surface area (Å²) >= 11 is 0. The molecule has 0 saturated carbocycles. The van der Waals surface area contributed by atoms with Crippen molar-refractivity contribution in [3.8, 4) is 0 Å². The summed E-state index contributed by atoms with van der Waals surface area (Å²) in [5.74, 6) is -0.598. The van der Waals surface area contributed by atoms with Gasteiger partial charge in [-0.1, -0.05) is 0 Å². The third-order valence-electron chi connectivity index (χ3n) is 6.84. The molecule has 2 fully saturated rings. The van der Waals surface area contributed by atoms with Gasteiger partial charge in [0.25, 0.3) is 0 Å². The lowest BCUT2D eigenvalue weighted by Crippen LogP contribution is -2.62. The Labute approximate surface area is 247 Å². The van der Waals surface area contributed by atoms with Crippen LogP contribution in [-0.4, -0.2) is 189 Å². The average molecular weight is 636 g/mol. The Morgan fingerprint density at radius 3 is 1.98 bits per heavy atom. The molecule has 19 heteroatoms. The maximum atomic E-state index is 11.8. The van der Waals surface area contributed by atoms with Crippen LogP contribution in [0.4, 0.5) is 0 Å². The highest BCUT2D eigenvalue weighted by atomic mass is 16.7. The summed E-state index contributed by atoms with van der Waals surface area (Å²) < 4.78 is 38.1. The topological polar surface area (TPSA) is 296 Å². The molecule has 0 aromatic carbocycles. The number of hydrogen-bond acceptors (Lipinski definition) is 18. The molecule has 15 atom stereocenters. The van der Waals surface area contributed by atoms with E-state index in [9.17, 15) is 45.6 Å². The van der Waals surface area contributed by atoms with E-state index < -0.39 is 125 Å². The molecule has 2 heterocycles. The molecule has 1 amide bonds. The van der Waals surface area contributed by atoms with Crippen molar-refractivity contribution in [2.24, 2.45) is 0 Å². The van der Waals surface area contributed by atoms with Crippen molar-refractivity contribution in [1.29, 1.82) is 0 Å². The Morgan fingerprint density at radius 1 is 0.814 bits per heavy atom. The molecule has 2 aliphatic heterocycles. The van der Waals surface area contributed by atoms with Gasteiger partial charge in [0.05, 0.1) is 39.1 Å². The molecule has 0 bridgehead atoms. The minimum Gasteiger partial charge on any atom is -0.394 e. The molecule has 11 N–H and O–H groups in total. The first-order valence-electron chi connectivity index (χ1n) is 13.5. The standard InChI is InChI=1S/C24H45NO18/c1-9(11(30)4-26)39-23-18(34)17(33)20(37-3)14(41-23)7-38-8-15(25-10(2)29)42-24-19(35)21(16(32)13(6-28)40-24)43-22(36)12(31)5-27/h9,11-24,26-28,30-36H,4-8H2,1-3H3,(H,25,29)/t9-,11?,12?,13?,14?,15?,16+,17?,18?,19?,20-,21?,22?,23+,24+/m1/s1. The minimum absolute atomic E-state index is 0.332. The van der Waals surface area contributed by atoms with Crippen LogP contribution < -0.4 is 5.32 Å². The summed E-state index contributed by atoms with van der Waals surface area (Å²) in [4.78, 5) is 11.8. The summed E-state index contributed by atoms with van der Waals surface area (Å²) in [7, 11) is 1.25. The van der Waals surface area contributed by atoms with Crippen molar-refractivity contribution in [2.75, 3.05) is 40.1 Å². The van der Waals surface area contributed by atoms with E-state index in [2.05, 4.69) is 5.32 Å². The second kappa shape index (κ2) is 18.1. The Kier molecular flexibility index (Phi) is 16.0. The normalized spacial score (nSPS) is 36.9. The zero-order chi connectivity index (χ0) is 32.4. The van der Waals surface area contributed by atoms with Crippen molar-refractivity contribution in [3.63, 3.8) is 0 Å². The Morgan fingerprint density at radius 2 is 1.42 bits per heavy atom. The maximum absolute atomic E-state index is 11.8. The van der Waals surface area contributed by atoms with Crippen molar-refractivity contribution in [3.05, 3.63) is 0 Å². The first kappa shape index (κ1) is 38.0. The molecule has 0 aromatic heterocycles. The fraction of sp³-hybridized carbons (Fsp3) is 0.958. The number of aliphatic hydroxyl groups excluding tert-OH is 10. The van der Waals surface area contributed by atoms with E-state index in [1.165, 1.54) is 14.0 Å². The first-order valence-corrected chi connectivity index (χ1v) is 13.5. The van der Waals surface area contributed by atoms with Crippen LogP contribution in [0, 0.1) is 0 Å². The van der Waals surface area contributed by atoms with Crippen LogP contribution in [0.5, 0.6) is 0 Å². The van der Waals surface area contributed by atoms with Crippen molar-refractivity contribution in [2.45, 2.75) is 106 Å². The molecule has 19 nitrogen and oxygen atoms in total. The number of aliphatic hydroxyl groups is 10. The van der Waals surface area contributed by atoms with Crippen molar-refractivity contribution >= 4 is 5.91 Å². The molecule has 2 saturated heterocycles. The summed E-state index contributed by atoms with van der Waals surface area (Å²) in [5, 5.41) is 102. The van der Waals surface area contributed by atoms with Crippen LogP contribution in [0.3, 0.4) is 0 Å². The fourth-order valence-electron chi connectivity index (χ4n) is 4.36. The number of carbonyl (C=O) groups is 1. The van der Waals surface area contributed by atoms with E-state index in [4.69, 9.17) is 43.4 Å². The quantitative estimate of drug-likeness (QED) is 0.0662. The van der Waals surface area contributed by atoms with Crippen molar-refractivity contribution in [1.82, 2.24) is 5.32 Å². The number of carbonyl (C=O) groups excluding carboxylic acids is 1. The summed E-state index contributed by atoms with van der Waals surface area (Å²) in [6.07, 6.45) is -22.5. The van der Waals surface area contributed by atoms with Crippen LogP contribution in [0.2, 0.25) is 0 Å². The van der Waals surface area contributed by atoms with Gasteiger partial charge in [-0.15, -0.1) is 0 Å². The third kappa shape index (κ3) is 10.4. The van der Waals surface area contributed by atoms with E-state index in [-0.39, 0.29) is 6.61 Å². The highest BCUT2D eigenvalue weighted by Gasteiger charge is 2.49. The Hall–Kier alpha value is -1.21. The van der Waals surface area contributed by atoms with Gasteiger partial charge in [0.1, 0.15) is 61.0 Å². The van der Waals surface area contributed by atoms with Gasteiger partial charge in [-0.25, -0.2) is 0 Å². The number of nitrogens with one attached hydrogen (secondary N) is 1. The van der Waals surface area contributed by atoms with Crippen LogP contribution >= 0.6 is 0 Å². The van der Waals surface area contributed by atoms with Gasteiger partial charge < -0.3 is 89.5 Å². The molecule has 2 aliphatic rings. The second-order valence-electron chi connectivity index (χ2n) is 10.1. The predicted octanol–water partition coefficient (Wildman–Crippen LogP) is -6.80. The van der Waals surface area contributed by atoms with E-state index >= 15 is 0 Å². The average Bonchev–Trinajstić information content (AvgIpc) is 2.97. The molecule has 10 unspecified atom stereocenters. The van der Waals surface area contributed by atoms with E-state index in [0.29, 0.717) is 0 Å². The van der Waals surface area contributed by atoms with E-state index in [1.54, 1.807) is 0 Å². The van der Waals surface area contributed by atoms with Gasteiger partial charge in [0.15, 0.2) is 25.1 Å². The van der Waals surface area contributed by atoms with Gasteiger partial charge in [0.2, 0.25) is 5.91 Å². The second-order valence-corrected chi connectivity index (χ2v) is 10.1. The van der Waals surface area contributed by atoms with Crippen LogP contribution in [0.1, 0.15) is 13.8 Å². The Balaban J connectivity index is 2.10. The number of methoxy groups -OCH3 is 1. The Bertz CT molecular complexity index is 812. The third-order valence-corrected chi connectivity index (χ3v) is 6.84.